The van der Waals surface area contributed by atoms with Crippen molar-refractivity contribution in [1.29, 1.82) is 0 Å². The molecule has 0 fully saturated rings. The minimum Gasteiger partial charge on any atom is -0.488 e. The zero-order valence-electron chi connectivity index (χ0n) is 7.31. The number of rotatable bonds is 4. The number of carboxylic acid groups (broad SMARTS) is 1. The van der Waals surface area contributed by atoms with Crippen LogP contribution in [0.15, 0.2) is 40.9 Å². The van der Waals surface area contributed by atoms with E-state index >= 15 is 0 Å². The van der Waals surface area contributed by atoms with Gasteiger partial charge in [-0.3, -0.25) is 0 Å². The average molecular weight is 257 g/mol. The van der Waals surface area contributed by atoms with Gasteiger partial charge in [-0.2, -0.15) is 0 Å². The summed E-state index contributed by atoms with van der Waals surface area (Å²) >= 11 is 3.31. The molecule has 0 aliphatic carbocycles. The molecule has 0 amide bonds. The van der Waals surface area contributed by atoms with Crippen molar-refractivity contribution in [3.8, 4) is 5.75 Å². The Bertz CT molecular complexity index is 347. The molecule has 74 valence electrons. The van der Waals surface area contributed by atoms with Crippen LogP contribution in [0.1, 0.15) is 0 Å². The van der Waals surface area contributed by atoms with Gasteiger partial charge in [-0.25, -0.2) is 4.79 Å². The molecule has 0 unspecified atom stereocenters. The lowest BCUT2D eigenvalue weighted by atomic mass is 10.3. The number of para-hydroxylation sites is 1. The molecular formula is C10H9BrO3. The summed E-state index contributed by atoms with van der Waals surface area (Å²) in [5.74, 6) is -0.275. The molecule has 14 heavy (non-hydrogen) atoms. The van der Waals surface area contributed by atoms with E-state index in [2.05, 4.69) is 15.9 Å². The van der Waals surface area contributed by atoms with E-state index in [1.165, 1.54) is 6.08 Å². The van der Waals surface area contributed by atoms with Crippen LogP contribution < -0.4 is 4.74 Å². The zero-order chi connectivity index (χ0) is 10.4. The van der Waals surface area contributed by atoms with Crippen LogP contribution in [0, 0.1) is 0 Å². The number of hydrogen-bond acceptors (Lipinski definition) is 2. The lowest BCUT2D eigenvalue weighted by Crippen LogP contribution is -1.95. The van der Waals surface area contributed by atoms with Gasteiger partial charge < -0.3 is 9.84 Å². The van der Waals surface area contributed by atoms with Crippen LogP contribution in [-0.2, 0) is 4.79 Å². The number of carbonyl (C=O) groups is 1. The van der Waals surface area contributed by atoms with Crippen LogP contribution in [0.2, 0.25) is 0 Å². The van der Waals surface area contributed by atoms with Crippen LogP contribution >= 0.6 is 15.9 Å². The Kier molecular flexibility index (Phi) is 4.19. The van der Waals surface area contributed by atoms with E-state index in [1.807, 2.05) is 18.2 Å². The van der Waals surface area contributed by atoms with Crippen LogP contribution in [0.5, 0.6) is 5.75 Å². The SMILES string of the molecule is O=C(O)/C=C/COc1ccccc1Br. The van der Waals surface area contributed by atoms with Gasteiger partial charge in [0.25, 0.3) is 0 Å². The second-order valence-electron chi connectivity index (χ2n) is 2.48. The van der Waals surface area contributed by atoms with Gasteiger partial charge in [0.1, 0.15) is 12.4 Å². The van der Waals surface area contributed by atoms with Crippen molar-refractivity contribution in [3.63, 3.8) is 0 Å². The largest absolute Gasteiger partial charge is 0.488 e. The number of benzene rings is 1. The smallest absolute Gasteiger partial charge is 0.328 e. The van der Waals surface area contributed by atoms with E-state index in [4.69, 9.17) is 9.84 Å². The Balaban J connectivity index is 2.46. The topological polar surface area (TPSA) is 46.5 Å². The summed E-state index contributed by atoms with van der Waals surface area (Å²) in [6.45, 7) is 0.245. The van der Waals surface area contributed by atoms with Gasteiger partial charge in [-0.1, -0.05) is 12.1 Å². The van der Waals surface area contributed by atoms with E-state index in [0.717, 1.165) is 10.5 Å². The lowest BCUT2D eigenvalue weighted by molar-refractivity contribution is -0.131. The number of aliphatic carboxylic acids is 1. The third-order valence-corrected chi connectivity index (χ3v) is 2.09. The molecule has 1 aromatic rings. The highest BCUT2D eigenvalue weighted by Gasteiger charge is 1.96. The van der Waals surface area contributed by atoms with Crippen molar-refractivity contribution >= 4 is 21.9 Å². The molecule has 0 aliphatic rings. The van der Waals surface area contributed by atoms with Gasteiger partial charge in [-0.05, 0) is 34.1 Å². The Morgan fingerprint density at radius 3 is 2.86 bits per heavy atom. The number of carboxylic acids is 1. The predicted octanol–water partition coefficient (Wildman–Crippen LogP) is 2.47. The first-order valence-corrected chi connectivity index (χ1v) is 4.76. The quantitative estimate of drug-likeness (QED) is 0.843. The Hall–Kier alpha value is -1.29. The molecule has 3 nitrogen and oxygen atoms in total. The molecule has 4 heteroatoms. The van der Waals surface area contributed by atoms with Crippen LogP contribution in [0.4, 0.5) is 0 Å². The van der Waals surface area contributed by atoms with E-state index in [-0.39, 0.29) is 6.61 Å². The first-order chi connectivity index (χ1) is 6.70. The molecule has 0 aromatic heterocycles. The highest BCUT2D eigenvalue weighted by molar-refractivity contribution is 9.10. The molecule has 0 heterocycles. The molecule has 0 aliphatic heterocycles. The third kappa shape index (κ3) is 3.62. The standard InChI is InChI=1S/C10H9BrO3/c11-8-4-1-2-5-9(8)14-7-3-6-10(12)13/h1-6H,7H2,(H,12,13)/b6-3+. The first kappa shape index (κ1) is 10.8. The molecule has 0 atom stereocenters. The number of hydrogen-bond donors (Lipinski definition) is 1. The van der Waals surface area contributed by atoms with Crippen LogP contribution in [0.3, 0.4) is 0 Å². The van der Waals surface area contributed by atoms with Crippen molar-refractivity contribution in [2.24, 2.45) is 0 Å². The molecule has 0 saturated carbocycles. The molecule has 0 spiro atoms. The Morgan fingerprint density at radius 2 is 2.21 bits per heavy atom. The number of halogens is 1. The monoisotopic (exact) mass is 256 g/mol. The van der Waals surface area contributed by atoms with Gasteiger partial charge in [0.05, 0.1) is 4.47 Å². The van der Waals surface area contributed by atoms with Crippen molar-refractivity contribution in [3.05, 3.63) is 40.9 Å². The van der Waals surface area contributed by atoms with Gasteiger partial charge in [-0.15, -0.1) is 0 Å². The zero-order valence-corrected chi connectivity index (χ0v) is 8.90. The number of ether oxygens (including phenoxy) is 1. The van der Waals surface area contributed by atoms with Crippen molar-refractivity contribution in [2.45, 2.75) is 0 Å². The van der Waals surface area contributed by atoms with Crippen molar-refractivity contribution in [1.82, 2.24) is 0 Å². The van der Waals surface area contributed by atoms with Crippen LogP contribution in [-0.4, -0.2) is 17.7 Å². The van der Waals surface area contributed by atoms with Crippen molar-refractivity contribution < 1.29 is 14.6 Å². The predicted molar refractivity (Wildman–Crippen MR) is 56.4 cm³/mol. The van der Waals surface area contributed by atoms with Gasteiger partial charge in [0.2, 0.25) is 0 Å². The molecule has 0 bridgehead atoms. The molecular weight excluding hydrogens is 248 g/mol. The highest BCUT2D eigenvalue weighted by atomic mass is 79.9. The van der Waals surface area contributed by atoms with Crippen LogP contribution in [0.25, 0.3) is 0 Å². The fraction of sp³-hybridized carbons (Fsp3) is 0.100. The minimum absolute atomic E-state index is 0.245. The maximum atomic E-state index is 10.1. The summed E-state index contributed by atoms with van der Waals surface area (Å²) in [6, 6.07) is 7.39. The summed E-state index contributed by atoms with van der Waals surface area (Å²) in [7, 11) is 0. The van der Waals surface area contributed by atoms with Gasteiger partial charge >= 0.3 is 5.97 Å². The summed E-state index contributed by atoms with van der Waals surface area (Å²) in [4.78, 5) is 10.1. The summed E-state index contributed by atoms with van der Waals surface area (Å²) in [6.07, 6.45) is 2.50. The maximum absolute atomic E-state index is 10.1. The lowest BCUT2D eigenvalue weighted by Gasteiger charge is -2.04. The summed E-state index contributed by atoms with van der Waals surface area (Å²) < 4.78 is 6.14. The normalized spacial score (nSPS) is 10.4. The Labute approximate surface area is 90.1 Å². The second-order valence-corrected chi connectivity index (χ2v) is 3.34. The van der Waals surface area contributed by atoms with Crippen molar-refractivity contribution in [2.75, 3.05) is 6.61 Å². The van der Waals surface area contributed by atoms with E-state index in [0.29, 0.717) is 5.75 Å². The molecule has 1 N–H and O–H groups in total. The van der Waals surface area contributed by atoms with Gasteiger partial charge in [0.15, 0.2) is 0 Å². The third-order valence-electron chi connectivity index (χ3n) is 1.43. The fourth-order valence-corrected chi connectivity index (χ4v) is 1.25. The highest BCUT2D eigenvalue weighted by Crippen LogP contribution is 2.23. The Morgan fingerprint density at radius 1 is 1.50 bits per heavy atom. The van der Waals surface area contributed by atoms with E-state index < -0.39 is 5.97 Å². The second kappa shape index (κ2) is 5.44. The van der Waals surface area contributed by atoms with E-state index in [1.54, 1.807) is 6.07 Å². The molecule has 0 saturated heterocycles. The van der Waals surface area contributed by atoms with Gasteiger partial charge in [0, 0.05) is 6.08 Å². The molecule has 1 rings (SSSR count). The maximum Gasteiger partial charge on any atom is 0.328 e. The molecule has 0 radical (unpaired) electrons. The van der Waals surface area contributed by atoms with E-state index in [9.17, 15) is 4.79 Å². The average Bonchev–Trinajstić information content (AvgIpc) is 2.15. The fourth-order valence-electron chi connectivity index (χ4n) is 0.849. The first-order valence-electron chi connectivity index (χ1n) is 3.97. The summed E-state index contributed by atoms with van der Waals surface area (Å²) in [5.41, 5.74) is 0. The summed E-state index contributed by atoms with van der Waals surface area (Å²) in [5, 5.41) is 8.31. The minimum atomic E-state index is -0.972. The molecule has 1 aromatic carbocycles.